The van der Waals surface area contributed by atoms with E-state index < -0.39 is 5.97 Å². The van der Waals surface area contributed by atoms with E-state index >= 15 is 0 Å². The second-order valence-electron chi connectivity index (χ2n) is 4.53. The van der Waals surface area contributed by atoms with Crippen LogP contribution in [-0.4, -0.2) is 26.0 Å². The van der Waals surface area contributed by atoms with Crippen molar-refractivity contribution in [3.05, 3.63) is 29.8 Å². The Morgan fingerprint density at radius 1 is 1.28 bits per heavy atom. The molecule has 0 saturated heterocycles. The van der Waals surface area contributed by atoms with Crippen LogP contribution in [0.1, 0.15) is 29.6 Å². The van der Waals surface area contributed by atoms with Gasteiger partial charge in [0.15, 0.2) is 0 Å². The van der Waals surface area contributed by atoms with Gasteiger partial charge >= 0.3 is 5.97 Å². The number of benzene rings is 1. The van der Waals surface area contributed by atoms with Crippen molar-refractivity contribution in [2.24, 2.45) is 5.92 Å². The normalized spacial score (nSPS) is 14.8. The fourth-order valence-electron chi connectivity index (χ4n) is 2.10. The number of methoxy groups -OCH3 is 1. The lowest BCUT2D eigenvalue weighted by Gasteiger charge is -2.29. The Labute approximate surface area is 107 Å². The zero-order valence-corrected chi connectivity index (χ0v) is 10.7. The Morgan fingerprint density at radius 2 is 1.94 bits per heavy atom. The second kappa shape index (κ2) is 5.21. The van der Waals surface area contributed by atoms with Crippen LogP contribution in [0.25, 0.3) is 0 Å². The predicted molar refractivity (Wildman–Crippen MR) is 68.5 cm³/mol. The van der Waals surface area contributed by atoms with E-state index in [1.54, 1.807) is 30.1 Å². The van der Waals surface area contributed by atoms with Gasteiger partial charge in [0.05, 0.1) is 18.4 Å². The Balaban J connectivity index is 2.26. The van der Waals surface area contributed by atoms with Gasteiger partial charge in [-0.3, -0.25) is 4.79 Å². The van der Waals surface area contributed by atoms with Crippen molar-refractivity contribution in [3.63, 3.8) is 0 Å². The fraction of sp³-hybridized carbons (Fsp3) is 0.429. The predicted octanol–water partition coefficient (Wildman–Crippen LogP) is 2.24. The van der Waals surface area contributed by atoms with Crippen LogP contribution in [0.3, 0.4) is 0 Å². The van der Waals surface area contributed by atoms with E-state index in [2.05, 4.69) is 0 Å². The van der Waals surface area contributed by atoms with E-state index in [-0.39, 0.29) is 11.8 Å². The topological polar surface area (TPSA) is 46.6 Å². The SMILES string of the molecule is COC(=O)c1ccccc1N(C)C(=O)C1CCC1. The Morgan fingerprint density at radius 3 is 2.50 bits per heavy atom. The summed E-state index contributed by atoms with van der Waals surface area (Å²) >= 11 is 0. The first-order valence-electron chi connectivity index (χ1n) is 6.10. The number of ether oxygens (including phenoxy) is 1. The lowest BCUT2D eigenvalue weighted by molar-refractivity contribution is -0.124. The summed E-state index contributed by atoms with van der Waals surface area (Å²) in [5.41, 5.74) is 1.04. The van der Waals surface area contributed by atoms with Crippen molar-refractivity contribution < 1.29 is 14.3 Å². The van der Waals surface area contributed by atoms with E-state index in [0.29, 0.717) is 11.3 Å². The maximum absolute atomic E-state index is 12.2. The summed E-state index contributed by atoms with van der Waals surface area (Å²) in [5.74, 6) is -0.225. The Hall–Kier alpha value is -1.84. The van der Waals surface area contributed by atoms with E-state index in [1.807, 2.05) is 6.07 Å². The van der Waals surface area contributed by atoms with Crippen molar-refractivity contribution in [2.45, 2.75) is 19.3 Å². The summed E-state index contributed by atoms with van der Waals surface area (Å²) in [4.78, 5) is 25.4. The van der Waals surface area contributed by atoms with E-state index in [0.717, 1.165) is 19.3 Å². The third-order valence-corrected chi connectivity index (χ3v) is 3.46. The van der Waals surface area contributed by atoms with Crippen molar-refractivity contribution in [1.29, 1.82) is 0 Å². The highest BCUT2D eigenvalue weighted by molar-refractivity contribution is 6.03. The number of esters is 1. The van der Waals surface area contributed by atoms with Gasteiger partial charge in [-0.05, 0) is 25.0 Å². The minimum absolute atomic E-state index is 0.0811. The Kier molecular flexibility index (Phi) is 3.65. The molecule has 0 N–H and O–H groups in total. The Bertz CT molecular complexity index is 466. The van der Waals surface area contributed by atoms with Crippen LogP contribution < -0.4 is 4.90 Å². The van der Waals surface area contributed by atoms with Crippen LogP contribution in [0, 0.1) is 5.92 Å². The van der Waals surface area contributed by atoms with E-state index in [4.69, 9.17) is 4.74 Å². The number of hydrogen-bond acceptors (Lipinski definition) is 3. The van der Waals surface area contributed by atoms with E-state index in [1.165, 1.54) is 7.11 Å². The van der Waals surface area contributed by atoms with Gasteiger partial charge in [0.2, 0.25) is 5.91 Å². The molecule has 0 aliphatic heterocycles. The monoisotopic (exact) mass is 247 g/mol. The highest BCUT2D eigenvalue weighted by Crippen LogP contribution is 2.30. The van der Waals surface area contributed by atoms with Crippen LogP contribution in [0.2, 0.25) is 0 Å². The third kappa shape index (κ3) is 2.23. The molecule has 1 amide bonds. The molecule has 0 radical (unpaired) electrons. The van der Waals surface area contributed by atoms with Crippen LogP contribution in [0.4, 0.5) is 5.69 Å². The molecule has 18 heavy (non-hydrogen) atoms. The van der Waals surface area contributed by atoms with Gasteiger partial charge in [-0.25, -0.2) is 4.79 Å². The molecular weight excluding hydrogens is 230 g/mol. The smallest absolute Gasteiger partial charge is 0.339 e. The number of carbonyl (C=O) groups excluding carboxylic acids is 2. The number of rotatable bonds is 3. The summed E-state index contributed by atoms with van der Waals surface area (Å²) in [6.07, 6.45) is 3.01. The number of carbonyl (C=O) groups is 2. The van der Waals surface area contributed by atoms with Crippen molar-refractivity contribution in [2.75, 3.05) is 19.1 Å². The van der Waals surface area contributed by atoms with Gasteiger partial charge in [0, 0.05) is 13.0 Å². The molecule has 1 aliphatic rings. The molecule has 1 aliphatic carbocycles. The molecule has 2 rings (SSSR count). The zero-order valence-electron chi connectivity index (χ0n) is 10.7. The minimum Gasteiger partial charge on any atom is -0.465 e. The number of para-hydroxylation sites is 1. The molecule has 4 heteroatoms. The van der Waals surface area contributed by atoms with E-state index in [9.17, 15) is 9.59 Å². The van der Waals surface area contributed by atoms with Crippen LogP contribution >= 0.6 is 0 Å². The van der Waals surface area contributed by atoms with Crippen LogP contribution in [0.5, 0.6) is 0 Å². The van der Waals surface area contributed by atoms with Crippen LogP contribution in [-0.2, 0) is 9.53 Å². The fourth-order valence-corrected chi connectivity index (χ4v) is 2.10. The largest absolute Gasteiger partial charge is 0.465 e. The average molecular weight is 247 g/mol. The first-order chi connectivity index (χ1) is 8.65. The molecule has 0 bridgehead atoms. The average Bonchev–Trinajstić information content (AvgIpc) is 2.34. The molecule has 0 unspecified atom stereocenters. The maximum atomic E-state index is 12.2. The quantitative estimate of drug-likeness (QED) is 0.769. The first-order valence-corrected chi connectivity index (χ1v) is 6.10. The summed E-state index contributed by atoms with van der Waals surface area (Å²) in [5, 5.41) is 0. The van der Waals surface area contributed by atoms with Gasteiger partial charge in [-0.2, -0.15) is 0 Å². The van der Waals surface area contributed by atoms with Gasteiger partial charge in [-0.15, -0.1) is 0 Å². The van der Waals surface area contributed by atoms with Crippen LogP contribution in [0.15, 0.2) is 24.3 Å². The number of hydrogen-bond donors (Lipinski definition) is 0. The molecule has 0 aromatic heterocycles. The molecule has 0 heterocycles. The standard InChI is InChI=1S/C14H17NO3/c1-15(13(16)10-6-5-7-10)12-9-4-3-8-11(12)14(17)18-2/h3-4,8-10H,5-7H2,1-2H3. The molecule has 1 aromatic rings. The van der Waals surface area contributed by atoms with Crippen molar-refractivity contribution in [1.82, 2.24) is 0 Å². The zero-order chi connectivity index (χ0) is 13.1. The number of anilines is 1. The summed E-state index contributed by atoms with van der Waals surface area (Å²) < 4.78 is 4.73. The summed E-state index contributed by atoms with van der Waals surface area (Å²) in [7, 11) is 3.05. The van der Waals surface area contributed by atoms with Gasteiger partial charge in [0.1, 0.15) is 0 Å². The number of nitrogens with zero attached hydrogens (tertiary/aromatic N) is 1. The third-order valence-electron chi connectivity index (χ3n) is 3.46. The first kappa shape index (κ1) is 12.6. The second-order valence-corrected chi connectivity index (χ2v) is 4.53. The summed E-state index contributed by atoms with van der Waals surface area (Å²) in [6.45, 7) is 0. The highest BCUT2D eigenvalue weighted by Gasteiger charge is 2.29. The van der Waals surface area contributed by atoms with Gasteiger partial charge in [0.25, 0.3) is 0 Å². The van der Waals surface area contributed by atoms with Crippen molar-refractivity contribution >= 4 is 17.6 Å². The maximum Gasteiger partial charge on any atom is 0.339 e. The summed E-state index contributed by atoms with van der Waals surface area (Å²) in [6, 6.07) is 7.01. The number of amides is 1. The minimum atomic E-state index is -0.418. The van der Waals surface area contributed by atoms with Crippen molar-refractivity contribution in [3.8, 4) is 0 Å². The molecule has 0 atom stereocenters. The lowest BCUT2D eigenvalue weighted by atomic mass is 9.84. The molecular formula is C14H17NO3. The highest BCUT2D eigenvalue weighted by atomic mass is 16.5. The van der Waals surface area contributed by atoms with Gasteiger partial charge in [-0.1, -0.05) is 18.6 Å². The molecule has 4 nitrogen and oxygen atoms in total. The molecule has 96 valence electrons. The molecule has 1 saturated carbocycles. The lowest BCUT2D eigenvalue weighted by Crippen LogP contribution is -2.37. The molecule has 1 aromatic carbocycles. The van der Waals surface area contributed by atoms with Gasteiger partial charge < -0.3 is 9.64 Å². The molecule has 0 spiro atoms. The molecule has 1 fully saturated rings.